The summed E-state index contributed by atoms with van der Waals surface area (Å²) in [4.78, 5) is 17.4. The van der Waals surface area contributed by atoms with E-state index < -0.39 is 0 Å². The molecule has 3 aliphatic rings. The topological polar surface area (TPSA) is 47.6 Å². The lowest BCUT2D eigenvalue weighted by molar-refractivity contribution is -0.122. The number of rotatable bonds is 7. The van der Waals surface area contributed by atoms with Gasteiger partial charge >= 0.3 is 0 Å². The van der Waals surface area contributed by atoms with Crippen LogP contribution >= 0.6 is 0 Å². The van der Waals surface area contributed by atoms with Gasteiger partial charge in [0.25, 0.3) is 0 Å². The summed E-state index contributed by atoms with van der Waals surface area (Å²) in [6.45, 7) is 10.3. The van der Waals surface area contributed by atoms with Crippen molar-refractivity contribution in [2.45, 2.75) is 64.0 Å². The fourth-order valence-corrected chi connectivity index (χ4v) is 4.65. The number of amides is 1. The van der Waals surface area contributed by atoms with Gasteiger partial charge in [-0.3, -0.25) is 4.79 Å². The molecule has 0 spiro atoms. The van der Waals surface area contributed by atoms with Crippen LogP contribution in [0.25, 0.3) is 0 Å². The van der Waals surface area contributed by atoms with Crippen LogP contribution in [0.2, 0.25) is 0 Å². The summed E-state index contributed by atoms with van der Waals surface area (Å²) in [6, 6.07) is 0.677. The number of carbonyl (C=O) groups excluding carboxylic acids is 1. The quantitative estimate of drug-likeness (QED) is 0.691. The number of fused-ring (bicyclic) bond motifs is 1. The van der Waals surface area contributed by atoms with Crippen molar-refractivity contribution in [2.75, 3.05) is 45.8 Å². The molecule has 5 heteroatoms. The van der Waals surface area contributed by atoms with Crippen molar-refractivity contribution < 1.29 is 4.79 Å². The highest BCUT2D eigenvalue weighted by Crippen LogP contribution is 2.33. The van der Waals surface area contributed by atoms with Crippen LogP contribution in [0.1, 0.15) is 51.9 Å². The molecule has 1 amide bonds. The van der Waals surface area contributed by atoms with Crippen LogP contribution in [0, 0.1) is 5.92 Å². The number of likely N-dealkylation sites (N-methyl/N-ethyl adjacent to an activating group) is 1. The Kier molecular flexibility index (Phi) is 6.93. The highest BCUT2D eigenvalue weighted by Gasteiger charge is 2.37. The Balaban J connectivity index is 1.24. The maximum atomic E-state index is 12.3. The normalized spacial score (nSPS) is 31.8. The Morgan fingerprint density at radius 1 is 1.08 bits per heavy atom. The Morgan fingerprint density at radius 2 is 1.83 bits per heavy atom. The van der Waals surface area contributed by atoms with Crippen LogP contribution in [0.15, 0.2) is 0 Å². The number of unbranched alkanes of at least 4 members (excludes halogenated alkanes) is 1. The third-order valence-corrected chi connectivity index (χ3v) is 6.29. The van der Waals surface area contributed by atoms with Crippen molar-refractivity contribution >= 4 is 5.91 Å². The second kappa shape index (κ2) is 9.16. The predicted molar refractivity (Wildman–Crippen MR) is 98.1 cm³/mol. The van der Waals surface area contributed by atoms with E-state index in [4.69, 9.17) is 0 Å². The standard InChI is InChI=1S/C19H36N4O/c1-2-22-11-13-23(14-12-22)10-6-5-9-20-19(24)18-15-16-7-3-4-8-17(16)21-18/h16-18,21H,2-15H2,1H3,(H,20,24). The molecular formula is C19H36N4O. The van der Waals surface area contributed by atoms with Gasteiger partial charge in [-0.25, -0.2) is 0 Å². The zero-order valence-electron chi connectivity index (χ0n) is 15.4. The fourth-order valence-electron chi connectivity index (χ4n) is 4.65. The van der Waals surface area contributed by atoms with Crippen LogP contribution in [-0.4, -0.2) is 73.6 Å². The average Bonchev–Trinajstić information content (AvgIpc) is 3.06. The van der Waals surface area contributed by atoms with Gasteiger partial charge in [-0.2, -0.15) is 0 Å². The lowest BCUT2D eigenvalue weighted by Crippen LogP contribution is -2.46. The highest BCUT2D eigenvalue weighted by molar-refractivity contribution is 5.82. The summed E-state index contributed by atoms with van der Waals surface area (Å²) in [5.41, 5.74) is 0. The van der Waals surface area contributed by atoms with Gasteiger partial charge < -0.3 is 20.4 Å². The first kappa shape index (κ1) is 18.2. The Labute approximate surface area is 147 Å². The van der Waals surface area contributed by atoms with Gasteiger partial charge in [-0.1, -0.05) is 19.8 Å². The minimum Gasteiger partial charge on any atom is -0.355 e. The molecule has 0 radical (unpaired) electrons. The van der Waals surface area contributed by atoms with Gasteiger partial charge in [0.2, 0.25) is 5.91 Å². The van der Waals surface area contributed by atoms with Gasteiger partial charge in [0.05, 0.1) is 6.04 Å². The molecule has 5 nitrogen and oxygen atoms in total. The van der Waals surface area contributed by atoms with Crippen molar-refractivity contribution in [3.05, 3.63) is 0 Å². The van der Waals surface area contributed by atoms with Crippen molar-refractivity contribution in [3.63, 3.8) is 0 Å². The van der Waals surface area contributed by atoms with E-state index in [0.717, 1.165) is 25.3 Å². The highest BCUT2D eigenvalue weighted by atomic mass is 16.2. The minimum atomic E-state index is 0.0696. The molecule has 1 saturated carbocycles. The molecule has 2 aliphatic heterocycles. The van der Waals surface area contributed by atoms with Gasteiger partial charge in [0, 0.05) is 38.8 Å². The summed E-state index contributed by atoms with van der Waals surface area (Å²) < 4.78 is 0. The number of hydrogen-bond acceptors (Lipinski definition) is 4. The smallest absolute Gasteiger partial charge is 0.237 e. The molecule has 24 heavy (non-hydrogen) atoms. The second-order valence-electron chi connectivity index (χ2n) is 7.88. The third-order valence-electron chi connectivity index (χ3n) is 6.29. The van der Waals surface area contributed by atoms with Crippen LogP contribution < -0.4 is 10.6 Å². The number of carbonyl (C=O) groups is 1. The lowest BCUT2D eigenvalue weighted by atomic mass is 9.85. The van der Waals surface area contributed by atoms with E-state index in [1.807, 2.05) is 0 Å². The lowest BCUT2D eigenvalue weighted by Gasteiger charge is -2.34. The van der Waals surface area contributed by atoms with Crippen molar-refractivity contribution in [1.82, 2.24) is 20.4 Å². The first-order chi connectivity index (χ1) is 11.8. The maximum Gasteiger partial charge on any atom is 0.237 e. The SMILES string of the molecule is CCN1CCN(CCCCNC(=O)C2CC3CCCCC3N2)CC1. The predicted octanol–water partition coefficient (Wildman–Crippen LogP) is 1.44. The minimum absolute atomic E-state index is 0.0696. The van der Waals surface area contributed by atoms with E-state index in [1.54, 1.807) is 0 Å². The molecule has 0 aromatic carbocycles. The molecule has 2 saturated heterocycles. The monoisotopic (exact) mass is 336 g/mol. The van der Waals surface area contributed by atoms with Crippen LogP contribution in [0.5, 0.6) is 0 Å². The zero-order chi connectivity index (χ0) is 16.8. The van der Waals surface area contributed by atoms with Crippen molar-refractivity contribution in [3.8, 4) is 0 Å². The molecule has 0 aromatic heterocycles. The molecule has 0 bridgehead atoms. The van der Waals surface area contributed by atoms with E-state index in [1.165, 1.54) is 71.4 Å². The number of nitrogens with zero attached hydrogens (tertiary/aromatic N) is 2. The van der Waals surface area contributed by atoms with E-state index in [9.17, 15) is 4.79 Å². The Hall–Kier alpha value is -0.650. The molecule has 138 valence electrons. The molecule has 2 heterocycles. The van der Waals surface area contributed by atoms with Crippen LogP contribution in [0.4, 0.5) is 0 Å². The van der Waals surface area contributed by atoms with Crippen molar-refractivity contribution in [1.29, 1.82) is 0 Å². The van der Waals surface area contributed by atoms with Crippen molar-refractivity contribution in [2.24, 2.45) is 5.92 Å². The van der Waals surface area contributed by atoms with Gasteiger partial charge in [-0.15, -0.1) is 0 Å². The average molecular weight is 337 g/mol. The van der Waals surface area contributed by atoms with E-state index >= 15 is 0 Å². The van der Waals surface area contributed by atoms with Crippen LogP contribution in [0.3, 0.4) is 0 Å². The Morgan fingerprint density at radius 3 is 2.58 bits per heavy atom. The maximum absolute atomic E-state index is 12.3. The summed E-state index contributed by atoms with van der Waals surface area (Å²) >= 11 is 0. The summed E-state index contributed by atoms with van der Waals surface area (Å²) in [6.07, 6.45) is 8.60. The molecule has 2 N–H and O–H groups in total. The summed E-state index contributed by atoms with van der Waals surface area (Å²) in [5.74, 6) is 0.984. The Bertz CT molecular complexity index is 381. The first-order valence-corrected chi connectivity index (χ1v) is 10.2. The van der Waals surface area contributed by atoms with E-state index in [-0.39, 0.29) is 11.9 Å². The number of hydrogen-bond donors (Lipinski definition) is 2. The number of nitrogens with one attached hydrogen (secondary N) is 2. The summed E-state index contributed by atoms with van der Waals surface area (Å²) in [5, 5.41) is 6.73. The van der Waals surface area contributed by atoms with Crippen LogP contribution in [-0.2, 0) is 4.79 Å². The van der Waals surface area contributed by atoms with E-state index in [0.29, 0.717) is 6.04 Å². The number of piperazine rings is 1. The largest absolute Gasteiger partial charge is 0.355 e. The fraction of sp³-hybridized carbons (Fsp3) is 0.947. The molecule has 3 rings (SSSR count). The molecular weight excluding hydrogens is 300 g/mol. The zero-order valence-corrected chi connectivity index (χ0v) is 15.4. The molecule has 1 aliphatic carbocycles. The van der Waals surface area contributed by atoms with E-state index in [2.05, 4.69) is 27.4 Å². The summed E-state index contributed by atoms with van der Waals surface area (Å²) in [7, 11) is 0. The molecule has 3 unspecified atom stereocenters. The first-order valence-electron chi connectivity index (χ1n) is 10.2. The third kappa shape index (κ3) is 4.93. The van der Waals surface area contributed by atoms with Gasteiger partial charge in [0.1, 0.15) is 0 Å². The van der Waals surface area contributed by atoms with Gasteiger partial charge in [0.15, 0.2) is 0 Å². The second-order valence-corrected chi connectivity index (χ2v) is 7.88. The van der Waals surface area contributed by atoms with Gasteiger partial charge in [-0.05, 0) is 51.1 Å². The molecule has 3 fully saturated rings. The molecule has 3 atom stereocenters. The molecule has 0 aromatic rings.